The van der Waals surface area contributed by atoms with E-state index in [2.05, 4.69) is 0 Å². The van der Waals surface area contributed by atoms with Gasteiger partial charge in [0.1, 0.15) is 6.04 Å². The van der Waals surface area contributed by atoms with Crippen LogP contribution in [0.4, 0.5) is 17.1 Å². The highest BCUT2D eigenvalue weighted by molar-refractivity contribution is 6.25. The van der Waals surface area contributed by atoms with Gasteiger partial charge in [-0.25, -0.2) is 4.90 Å². The van der Waals surface area contributed by atoms with Crippen molar-refractivity contribution in [1.82, 2.24) is 0 Å². The third-order valence-electron chi connectivity index (χ3n) is 6.77. The van der Waals surface area contributed by atoms with Gasteiger partial charge in [0.25, 0.3) is 5.69 Å². The number of imide groups is 1. The number of hydrogen-bond acceptors (Lipinski definition) is 7. The van der Waals surface area contributed by atoms with Crippen LogP contribution in [0.3, 0.4) is 0 Å². The predicted molar refractivity (Wildman–Crippen MR) is 121 cm³/mol. The van der Waals surface area contributed by atoms with Gasteiger partial charge in [0, 0.05) is 17.8 Å². The van der Waals surface area contributed by atoms with E-state index in [0.29, 0.717) is 0 Å². The molecule has 2 fully saturated rings. The van der Waals surface area contributed by atoms with Crippen molar-refractivity contribution in [2.45, 2.75) is 12.1 Å². The molecule has 4 atom stereocenters. The molecule has 0 saturated carbocycles. The fraction of sp³-hybridized carbons (Fsp3) is 0.160. The first kappa shape index (κ1) is 20.1. The fourth-order valence-electron chi connectivity index (χ4n) is 5.36. The second-order valence-corrected chi connectivity index (χ2v) is 8.44. The number of carbonyl (C=O) groups is 3. The summed E-state index contributed by atoms with van der Waals surface area (Å²) in [5, 5.41) is 11.0. The van der Waals surface area contributed by atoms with Crippen molar-refractivity contribution in [2.24, 2.45) is 11.8 Å². The van der Waals surface area contributed by atoms with Gasteiger partial charge >= 0.3 is 0 Å². The standard InChI is InChI=1S/C25H17N3O6/c29-23(19-6-3-13-34-19)22-21-20(18-12-7-14-4-1-2-5-17(14)27(18)22)24(30)26(25(21)31)15-8-10-16(11-9-15)28(32)33/h1-13,18,20-22H. The molecule has 6 rings (SSSR count). The number of non-ortho nitro benzene ring substituents is 1. The van der Waals surface area contributed by atoms with E-state index in [1.54, 1.807) is 12.1 Å². The lowest BCUT2D eigenvalue weighted by atomic mass is 9.87. The smallest absolute Gasteiger partial charge is 0.269 e. The maximum atomic E-state index is 13.7. The van der Waals surface area contributed by atoms with E-state index in [1.165, 1.54) is 30.5 Å². The third kappa shape index (κ3) is 2.70. The molecule has 0 bridgehead atoms. The van der Waals surface area contributed by atoms with Gasteiger partial charge in [-0.1, -0.05) is 30.4 Å². The average Bonchev–Trinajstić information content (AvgIpc) is 3.55. The van der Waals surface area contributed by atoms with Crippen LogP contribution in [0.1, 0.15) is 16.1 Å². The van der Waals surface area contributed by atoms with Crippen molar-refractivity contribution >= 4 is 40.7 Å². The van der Waals surface area contributed by atoms with Crippen molar-refractivity contribution in [2.75, 3.05) is 9.80 Å². The van der Waals surface area contributed by atoms with Gasteiger partial charge in [0.2, 0.25) is 17.6 Å². The summed E-state index contributed by atoms with van der Waals surface area (Å²) in [6.07, 6.45) is 5.16. The zero-order valence-corrected chi connectivity index (χ0v) is 17.6. The highest BCUT2D eigenvalue weighted by Crippen LogP contribution is 2.49. The lowest BCUT2D eigenvalue weighted by Crippen LogP contribution is -2.48. The summed E-state index contributed by atoms with van der Waals surface area (Å²) in [4.78, 5) is 54.3. The number of benzene rings is 2. The molecule has 168 valence electrons. The van der Waals surface area contributed by atoms with Crippen LogP contribution in [0.15, 0.2) is 77.4 Å². The van der Waals surface area contributed by atoms with Gasteiger partial charge in [-0.2, -0.15) is 0 Å². The van der Waals surface area contributed by atoms with Crippen molar-refractivity contribution < 1.29 is 23.7 Å². The number of nitrogens with zero attached hydrogens (tertiary/aromatic N) is 3. The van der Waals surface area contributed by atoms with Crippen LogP contribution in [0.5, 0.6) is 0 Å². The molecule has 9 nitrogen and oxygen atoms in total. The number of rotatable bonds is 4. The molecular weight excluding hydrogens is 438 g/mol. The van der Waals surface area contributed by atoms with Crippen molar-refractivity contribution in [1.29, 1.82) is 0 Å². The summed E-state index contributed by atoms with van der Waals surface area (Å²) in [7, 11) is 0. The number of ketones is 1. The van der Waals surface area contributed by atoms with Crippen LogP contribution >= 0.6 is 0 Å². The Balaban J connectivity index is 1.46. The van der Waals surface area contributed by atoms with E-state index in [1.807, 2.05) is 41.3 Å². The van der Waals surface area contributed by atoms with Crippen LogP contribution in [-0.2, 0) is 9.59 Å². The first-order valence-corrected chi connectivity index (χ1v) is 10.7. The molecule has 2 amide bonds. The number of anilines is 2. The SMILES string of the molecule is O=C(c1ccco1)C1C2C(=O)N(c3ccc([N+](=O)[O-])cc3)C(=O)C2C2C=Cc3ccccc3N21. The van der Waals surface area contributed by atoms with Gasteiger partial charge in [0.15, 0.2) is 5.76 Å². The summed E-state index contributed by atoms with van der Waals surface area (Å²) in [5.74, 6) is -2.91. The van der Waals surface area contributed by atoms with Gasteiger partial charge in [-0.15, -0.1) is 0 Å². The van der Waals surface area contributed by atoms with Crippen LogP contribution in [-0.4, -0.2) is 34.6 Å². The maximum absolute atomic E-state index is 13.7. The molecule has 0 aliphatic carbocycles. The van der Waals surface area contributed by atoms with E-state index in [9.17, 15) is 24.5 Å². The quantitative estimate of drug-likeness (QED) is 0.256. The molecular formula is C25H17N3O6. The number of nitro benzene ring substituents is 1. The Labute approximate surface area is 193 Å². The minimum atomic E-state index is -0.938. The van der Waals surface area contributed by atoms with Gasteiger partial charge in [0.05, 0.1) is 34.8 Å². The Hall–Kier alpha value is -4.53. The Morgan fingerprint density at radius 1 is 0.941 bits per heavy atom. The molecule has 3 aromatic rings. The van der Waals surface area contributed by atoms with Crippen LogP contribution in [0.25, 0.3) is 6.08 Å². The Bertz CT molecular complexity index is 1380. The number of nitro groups is 1. The second-order valence-electron chi connectivity index (χ2n) is 8.44. The number of fused-ring (bicyclic) bond motifs is 5. The summed E-state index contributed by atoms with van der Waals surface area (Å²) >= 11 is 0. The van der Waals surface area contributed by atoms with Crippen LogP contribution in [0, 0.1) is 22.0 Å². The number of hydrogen-bond donors (Lipinski definition) is 0. The fourth-order valence-corrected chi connectivity index (χ4v) is 5.36. The number of Topliss-reactive ketones (excluding diaryl/α,β-unsaturated/α-hetero) is 1. The largest absolute Gasteiger partial charge is 0.461 e. The van der Waals surface area contributed by atoms with E-state index >= 15 is 0 Å². The molecule has 4 heterocycles. The van der Waals surface area contributed by atoms with Crippen molar-refractivity contribution in [3.8, 4) is 0 Å². The number of furan rings is 1. The Morgan fingerprint density at radius 2 is 1.68 bits per heavy atom. The van der Waals surface area contributed by atoms with E-state index in [-0.39, 0.29) is 22.9 Å². The minimum Gasteiger partial charge on any atom is -0.461 e. The molecule has 1 aromatic heterocycles. The Morgan fingerprint density at radius 3 is 2.38 bits per heavy atom. The lowest BCUT2D eigenvalue weighted by Gasteiger charge is -2.36. The molecule has 9 heteroatoms. The highest BCUT2D eigenvalue weighted by atomic mass is 16.6. The second kappa shape index (κ2) is 7.24. The monoisotopic (exact) mass is 455 g/mol. The molecule has 3 aliphatic rings. The number of amides is 2. The summed E-state index contributed by atoms with van der Waals surface area (Å²) in [5.41, 5.74) is 1.76. The molecule has 34 heavy (non-hydrogen) atoms. The minimum absolute atomic E-state index is 0.116. The van der Waals surface area contributed by atoms with Crippen molar-refractivity contribution in [3.63, 3.8) is 0 Å². The van der Waals surface area contributed by atoms with Crippen molar-refractivity contribution in [3.05, 3.63) is 94.4 Å². The van der Waals surface area contributed by atoms with Gasteiger partial charge < -0.3 is 9.32 Å². The zero-order chi connectivity index (χ0) is 23.6. The average molecular weight is 455 g/mol. The van der Waals surface area contributed by atoms with Gasteiger partial charge in [-0.3, -0.25) is 24.5 Å². The van der Waals surface area contributed by atoms with E-state index in [0.717, 1.165) is 16.2 Å². The lowest BCUT2D eigenvalue weighted by molar-refractivity contribution is -0.384. The Kier molecular flexibility index (Phi) is 4.28. The topological polar surface area (TPSA) is 114 Å². The molecule has 3 aliphatic heterocycles. The molecule has 4 unspecified atom stereocenters. The molecule has 2 aromatic carbocycles. The number of para-hydroxylation sites is 1. The third-order valence-corrected chi connectivity index (χ3v) is 6.77. The first-order valence-electron chi connectivity index (χ1n) is 10.7. The predicted octanol–water partition coefficient (Wildman–Crippen LogP) is 3.46. The maximum Gasteiger partial charge on any atom is 0.269 e. The zero-order valence-electron chi connectivity index (χ0n) is 17.6. The van der Waals surface area contributed by atoms with E-state index in [4.69, 9.17) is 4.42 Å². The summed E-state index contributed by atoms with van der Waals surface area (Å²) in [6.45, 7) is 0. The summed E-state index contributed by atoms with van der Waals surface area (Å²) in [6, 6.07) is 14.5. The molecule has 0 N–H and O–H groups in total. The molecule has 0 spiro atoms. The van der Waals surface area contributed by atoms with Crippen LogP contribution < -0.4 is 9.80 Å². The number of carbonyl (C=O) groups excluding carboxylic acids is 3. The van der Waals surface area contributed by atoms with E-state index < -0.39 is 40.7 Å². The highest BCUT2D eigenvalue weighted by Gasteiger charge is 2.64. The normalized spacial score (nSPS) is 24.7. The molecule has 2 saturated heterocycles. The first-order chi connectivity index (χ1) is 16.5. The summed E-state index contributed by atoms with van der Waals surface area (Å²) < 4.78 is 5.37. The van der Waals surface area contributed by atoms with Gasteiger partial charge in [-0.05, 0) is 35.9 Å². The molecule has 0 radical (unpaired) electrons. The van der Waals surface area contributed by atoms with Crippen LogP contribution in [0.2, 0.25) is 0 Å².